The van der Waals surface area contributed by atoms with Gasteiger partial charge in [-0.1, -0.05) is 19.3 Å². The van der Waals surface area contributed by atoms with Gasteiger partial charge in [-0.15, -0.1) is 0 Å². The molecule has 6 nitrogen and oxygen atoms in total. The molecule has 0 bridgehead atoms. The predicted octanol–water partition coefficient (Wildman–Crippen LogP) is -0.317. The number of aliphatic hydroxyl groups excluding tert-OH is 4. The number of hydrogen-bond acceptors (Lipinski definition) is 7. The third-order valence-electron chi connectivity index (χ3n) is 3.43. The second kappa shape index (κ2) is 9.94. The van der Waals surface area contributed by atoms with Crippen molar-refractivity contribution in [2.24, 2.45) is 0 Å². The van der Waals surface area contributed by atoms with Crippen molar-refractivity contribution in [2.75, 3.05) is 19.0 Å². The van der Waals surface area contributed by atoms with Crippen LogP contribution < -0.4 is 0 Å². The SMILES string of the molecule is OCC1O[C@@H](OCCCCCCCS)C(O)C(O)[C@H]1O. The monoisotopic (exact) mass is 310 g/mol. The van der Waals surface area contributed by atoms with Gasteiger partial charge in [-0.25, -0.2) is 0 Å². The van der Waals surface area contributed by atoms with Crippen molar-refractivity contribution in [2.45, 2.75) is 62.8 Å². The average Bonchev–Trinajstić information content (AvgIpc) is 2.46. The molecule has 1 aliphatic rings. The Balaban J connectivity index is 2.21. The van der Waals surface area contributed by atoms with Gasteiger partial charge in [-0.2, -0.15) is 12.6 Å². The molecule has 120 valence electrons. The van der Waals surface area contributed by atoms with Crippen LogP contribution in [0.2, 0.25) is 0 Å². The van der Waals surface area contributed by atoms with Crippen molar-refractivity contribution < 1.29 is 29.9 Å². The third kappa shape index (κ3) is 5.48. The molecule has 1 aliphatic heterocycles. The number of hydrogen-bond donors (Lipinski definition) is 5. The van der Waals surface area contributed by atoms with Crippen molar-refractivity contribution in [3.63, 3.8) is 0 Å². The number of aliphatic hydroxyl groups is 4. The fourth-order valence-corrected chi connectivity index (χ4v) is 2.37. The maximum absolute atomic E-state index is 9.74. The second-order valence-electron chi connectivity index (χ2n) is 5.06. The molecular formula is C13H26O6S. The summed E-state index contributed by atoms with van der Waals surface area (Å²) < 4.78 is 10.6. The van der Waals surface area contributed by atoms with Gasteiger partial charge in [0.05, 0.1) is 6.61 Å². The van der Waals surface area contributed by atoms with E-state index in [4.69, 9.17) is 14.6 Å². The molecule has 7 heteroatoms. The van der Waals surface area contributed by atoms with Gasteiger partial charge >= 0.3 is 0 Å². The fourth-order valence-electron chi connectivity index (χ4n) is 2.15. The molecule has 1 fully saturated rings. The smallest absolute Gasteiger partial charge is 0.186 e. The Bertz CT molecular complexity index is 253. The number of unbranched alkanes of at least 4 members (excludes halogenated alkanes) is 4. The van der Waals surface area contributed by atoms with E-state index in [1.54, 1.807) is 0 Å². The molecule has 3 unspecified atom stereocenters. The van der Waals surface area contributed by atoms with Crippen LogP contribution in [-0.4, -0.2) is 70.1 Å². The lowest BCUT2D eigenvalue weighted by Crippen LogP contribution is -2.59. The van der Waals surface area contributed by atoms with Gasteiger partial charge < -0.3 is 29.9 Å². The van der Waals surface area contributed by atoms with Crippen molar-refractivity contribution in [3.05, 3.63) is 0 Å². The Labute approximate surface area is 125 Å². The molecule has 0 saturated carbocycles. The molecule has 20 heavy (non-hydrogen) atoms. The highest BCUT2D eigenvalue weighted by Gasteiger charge is 2.43. The van der Waals surface area contributed by atoms with Gasteiger partial charge in [0.1, 0.15) is 24.4 Å². The van der Waals surface area contributed by atoms with Gasteiger partial charge in [-0.3, -0.25) is 0 Å². The highest BCUT2D eigenvalue weighted by atomic mass is 32.1. The van der Waals surface area contributed by atoms with Crippen LogP contribution in [0.1, 0.15) is 32.1 Å². The summed E-state index contributed by atoms with van der Waals surface area (Å²) in [5.41, 5.74) is 0. The summed E-state index contributed by atoms with van der Waals surface area (Å²) in [5.74, 6) is 0.904. The molecule has 0 amide bonds. The topological polar surface area (TPSA) is 99.4 Å². The van der Waals surface area contributed by atoms with Crippen LogP contribution >= 0.6 is 12.6 Å². The standard InChI is InChI=1S/C13H26O6S/c14-8-9-10(15)11(16)12(17)13(19-9)18-6-4-2-1-3-5-7-20/h9-17,20H,1-8H2/t9?,10-,11?,12?,13+/m0/s1. The van der Waals surface area contributed by atoms with Crippen LogP contribution in [0.25, 0.3) is 0 Å². The zero-order valence-corrected chi connectivity index (χ0v) is 12.5. The van der Waals surface area contributed by atoms with Crippen molar-refractivity contribution in [1.82, 2.24) is 0 Å². The number of ether oxygens (including phenoxy) is 2. The first-order valence-corrected chi connectivity index (χ1v) is 7.78. The molecule has 1 heterocycles. The van der Waals surface area contributed by atoms with E-state index in [2.05, 4.69) is 12.6 Å². The largest absolute Gasteiger partial charge is 0.394 e. The van der Waals surface area contributed by atoms with Crippen molar-refractivity contribution in [3.8, 4) is 0 Å². The van der Waals surface area contributed by atoms with Crippen LogP contribution in [0.3, 0.4) is 0 Å². The first-order chi connectivity index (χ1) is 9.61. The van der Waals surface area contributed by atoms with Crippen LogP contribution in [-0.2, 0) is 9.47 Å². The zero-order chi connectivity index (χ0) is 15.0. The maximum Gasteiger partial charge on any atom is 0.186 e. The van der Waals surface area contributed by atoms with Gasteiger partial charge in [0.25, 0.3) is 0 Å². The lowest BCUT2D eigenvalue weighted by molar-refractivity contribution is -0.301. The molecule has 1 rings (SSSR count). The Morgan fingerprint density at radius 1 is 0.900 bits per heavy atom. The first-order valence-electron chi connectivity index (χ1n) is 7.14. The van der Waals surface area contributed by atoms with Crippen LogP contribution in [0, 0.1) is 0 Å². The summed E-state index contributed by atoms with van der Waals surface area (Å²) in [6.45, 7) is -0.0297. The zero-order valence-electron chi connectivity index (χ0n) is 11.6. The van der Waals surface area contributed by atoms with Crippen LogP contribution in [0.15, 0.2) is 0 Å². The first kappa shape index (κ1) is 18.2. The van der Waals surface area contributed by atoms with E-state index >= 15 is 0 Å². The van der Waals surface area contributed by atoms with E-state index in [1.807, 2.05) is 0 Å². The Morgan fingerprint density at radius 2 is 1.55 bits per heavy atom. The molecule has 4 N–H and O–H groups in total. The van der Waals surface area contributed by atoms with E-state index in [1.165, 1.54) is 0 Å². The highest BCUT2D eigenvalue weighted by Crippen LogP contribution is 2.22. The normalized spacial score (nSPS) is 34.4. The predicted molar refractivity (Wildman–Crippen MR) is 76.7 cm³/mol. The Hall–Kier alpha value is 0.110. The summed E-state index contributed by atoms with van der Waals surface area (Å²) in [6, 6.07) is 0. The molecule has 0 aromatic carbocycles. The Morgan fingerprint density at radius 3 is 2.20 bits per heavy atom. The van der Waals surface area contributed by atoms with Gasteiger partial charge in [-0.05, 0) is 18.6 Å². The lowest BCUT2D eigenvalue weighted by atomic mass is 9.99. The molecule has 0 aromatic heterocycles. The van der Waals surface area contributed by atoms with Crippen LogP contribution in [0.4, 0.5) is 0 Å². The quantitative estimate of drug-likeness (QED) is 0.296. The number of thiol groups is 1. The Kier molecular flexibility index (Phi) is 9.03. The molecule has 5 atom stereocenters. The highest BCUT2D eigenvalue weighted by molar-refractivity contribution is 7.80. The third-order valence-corrected chi connectivity index (χ3v) is 3.75. The summed E-state index contributed by atoms with van der Waals surface area (Å²) in [4.78, 5) is 0. The van der Waals surface area contributed by atoms with E-state index in [9.17, 15) is 15.3 Å². The summed E-state index contributed by atoms with van der Waals surface area (Å²) >= 11 is 4.14. The van der Waals surface area contributed by atoms with Crippen molar-refractivity contribution >= 4 is 12.6 Å². The van der Waals surface area contributed by atoms with Crippen molar-refractivity contribution in [1.29, 1.82) is 0 Å². The van der Waals surface area contributed by atoms with Gasteiger partial charge in [0.15, 0.2) is 6.29 Å². The number of rotatable bonds is 9. The molecular weight excluding hydrogens is 284 g/mol. The molecule has 0 radical (unpaired) electrons. The molecule has 0 aliphatic carbocycles. The fraction of sp³-hybridized carbons (Fsp3) is 1.00. The second-order valence-corrected chi connectivity index (χ2v) is 5.51. The summed E-state index contributed by atoms with van der Waals surface area (Å²) in [6.07, 6.45) is -0.725. The maximum atomic E-state index is 9.74. The van der Waals surface area contributed by atoms with Gasteiger partial charge in [0.2, 0.25) is 0 Å². The summed E-state index contributed by atoms with van der Waals surface area (Å²) in [5, 5.41) is 38.0. The van der Waals surface area contributed by atoms with Crippen LogP contribution in [0.5, 0.6) is 0 Å². The lowest BCUT2D eigenvalue weighted by Gasteiger charge is -2.39. The minimum absolute atomic E-state index is 0.406. The van der Waals surface area contributed by atoms with Gasteiger partial charge in [0, 0.05) is 6.61 Å². The molecule has 1 saturated heterocycles. The minimum atomic E-state index is -1.37. The van der Waals surface area contributed by atoms with E-state index in [-0.39, 0.29) is 0 Å². The average molecular weight is 310 g/mol. The molecule has 0 spiro atoms. The van der Waals surface area contributed by atoms with E-state index in [0.717, 1.165) is 37.9 Å². The van der Waals surface area contributed by atoms with E-state index in [0.29, 0.717) is 6.61 Å². The van der Waals surface area contributed by atoms with E-state index < -0.39 is 37.3 Å². The minimum Gasteiger partial charge on any atom is -0.394 e. The summed E-state index contributed by atoms with van der Waals surface area (Å²) in [7, 11) is 0. The molecule has 0 aromatic rings.